The molecule has 0 radical (unpaired) electrons. The van der Waals surface area contributed by atoms with Crippen LogP contribution in [0, 0.1) is 0 Å². The number of rotatable bonds is 3. The third-order valence-corrected chi connectivity index (χ3v) is 3.57. The molecule has 0 heterocycles. The van der Waals surface area contributed by atoms with Crippen LogP contribution in [0.2, 0.25) is 5.02 Å². The number of benzene rings is 2. The minimum absolute atomic E-state index is 0.516. The molecule has 2 aromatic rings. The molecule has 0 aliphatic heterocycles. The standard InChI is InChI=1S/C13H8ClNOS/c14-12-8-10(15-9-16)6-7-13(12)17-11-4-2-1-3-5-11/h1-8H. The van der Waals surface area contributed by atoms with Crippen LogP contribution in [0.1, 0.15) is 0 Å². The number of hydrogen-bond donors (Lipinski definition) is 0. The van der Waals surface area contributed by atoms with Crippen molar-refractivity contribution in [3.8, 4) is 0 Å². The molecule has 0 aliphatic carbocycles. The van der Waals surface area contributed by atoms with Crippen LogP contribution in [0.4, 0.5) is 5.69 Å². The summed E-state index contributed by atoms with van der Waals surface area (Å²) in [5.74, 6) is 0. The van der Waals surface area contributed by atoms with Gasteiger partial charge in [-0.15, -0.1) is 0 Å². The Labute approximate surface area is 108 Å². The molecular weight excluding hydrogens is 254 g/mol. The molecule has 0 unspecified atom stereocenters. The minimum atomic E-state index is 0.516. The summed E-state index contributed by atoms with van der Waals surface area (Å²) < 4.78 is 0. The molecule has 0 saturated heterocycles. The number of carbonyl (C=O) groups excluding carboxylic acids is 1. The first-order chi connectivity index (χ1) is 8.29. The lowest BCUT2D eigenvalue weighted by Crippen LogP contribution is -1.75. The zero-order valence-electron chi connectivity index (χ0n) is 8.76. The summed E-state index contributed by atoms with van der Waals surface area (Å²) in [5.41, 5.74) is 0.516. The van der Waals surface area contributed by atoms with E-state index >= 15 is 0 Å². The second-order valence-corrected chi connectivity index (χ2v) is 4.76. The fourth-order valence-electron chi connectivity index (χ4n) is 1.31. The van der Waals surface area contributed by atoms with Gasteiger partial charge in [-0.05, 0) is 30.3 Å². The van der Waals surface area contributed by atoms with E-state index in [1.807, 2.05) is 36.4 Å². The molecule has 84 valence electrons. The second kappa shape index (κ2) is 5.69. The van der Waals surface area contributed by atoms with Crippen LogP contribution in [0.5, 0.6) is 0 Å². The van der Waals surface area contributed by atoms with E-state index in [4.69, 9.17) is 11.6 Å². The van der Waals surface area contributed by atoms with E-state index in [0.29, 0.717) is 10.7 Å². The van der Waals surface area contributed by atoms with Crippen molar-refractivity contribution in [2.45, 2.75) is 9.79 Å². The molecule has 0 aromatic heterocycles. The van der Waals surface area contributed by atoms with Gasteiger partial charge in [0.15, 0.2) is 0 Å². The van der Waals surface area contributed by atoms with Crippen LogP contribution in [-0.4, -0.2) is 6.08 Å². The minimum Gasteiger partial charge on any atom is -0.211 e. The van der Waals surface area contributed by atoms with Crippen molar-refractivity contribution >= 4 is 35.1 Å². The van der Waals surface area contributed by atoms with Gasteiger partial charge in [0.2, 0.25) is 6.08 Å². The Morgan fingerprint density at radius 2 is 1.88 bits per heavy atom. The fourth-order valence-corrected chi connectivity index (χ4v) is 2.44. The summed E-state index contributed by atoms with van der Waals surface area (Å²) in [6.45, 7) is 0. The Morgan fingerprint density at radius 1 is 1.12 bits per heavy atom. The molecule has 0 spiro atoms. The van der Waals surface area contributed by atoms with E-state index in [9.17, 15) is 4.79 Å². The molecule has 0 fully saturated rings. The van der Waals surface area contributed by atoms with Gasteiger partial charge in [0.05, 0.1) is 10.7 Å². The van der Waals surface area contributed by atoms with Crippen LogP contribution in [0.15, 0.2) is 63.3 Å². The molecule has 2 nitrogen and oxygen atoms in total. The van der Waals surface area contributed by atoms with Gasteiger partial charge in [-0.25, -0.2) is 4.79 Å². The summed E-state index contributed by atoms with van der Waals surface area (Å²) in [7, 11) is 0. The lowest BCUT2D eigenvalue weighted by molar-refractivity contribution is 0.565. The lowest BCUT2D eigenvalue weighted by atomic mass is 10.3. The zero-order valence-corrected chi connectivity index (χ0v) is 10.3. The Bertz CT molecular complexity index is 565. The number of isocyanates is 1. The van der Waals surface area contributed by atoms with Gasteiger partial charge in [0, 0.05) is 9.79 Å². The van der Waals surface area contributed by atoms with Crippen molar-refractivity contribution in [2.75, 3.05) is 0 Å². The topological polar surface area (TPSA) is 29.4 Å². The van der Waals surface area contributed by atoms with Gasteiger partial charge in [-0.2, -0.15) is 4.99 Å². The van der Waals surface area contributed by atoms with E-state index in [0.717, 1.165) is 9.79 Å². The van der Waals surface area contributed by atoms with Gasteiger partial charge in [-0.1, -0.05) is 41.6 Å². The smallest absolute Gasteiger partial charge is 0.211 e. The summed E-state index contributed by atoms with van der Waals surface area (Å²) in [4.78, 5) is 15.7. The highest BCUT2D eigenvalue weighted by atomic mass is 35.5. The number of halogens is 1. The van der Waals surface area contributed by atoms with Gasteiger partial charge >= 0.3 is 0 Å². The summed E-state index contributed by atoms with van der Waals surface area (Å²) in [6, 6.07) is 15.2. The van der Waals surface area contributed by atoms with Crippen molar-refractivity contribution in [3.05, 3.63) is 53.6 Å². The maximum atomic E-state index is 10.1. The van der Waals surface area contributed by atoms with E-state index < -0.39 is 0 Å². The van der Waals surface area contributed by atoms with Crippen LogP contribution in [0.25, 0.3) is 0 Å². The molecule has 2 rings (SSSR count). The van der Waals surface area contributed by atoms with Crippen LogP contribution in [0.3, 0.4) is 0 Å². The van der Waals surface area contributed by atoms with Gasteiger partial charge < -0.3 is 0 Å². The molecule has 2 aromatic carbocycles. The lowest BCUT2D eigenvalue weighted by Gasteiger charge is -2.04. The van der Waals surface area contributed by atoms with Crippen LogP contribution in [-0.2, 0) is 4.79 Å². The first-order valence-electron chi connectivity index (χ1n) is 4.90. The molecule has 0 saturated carbocycles. The van der Waals surface area contributed by atoms with E-state index in [-0.39, 0.29) is 0 Å². The predicted octanol–water partition coefficient (Wildman–Crippen LogP) is 4.46. The third kappa shape index (κ3) is 3.21. The molecule has 17 heavy (non-hydrogen) atoms. The number of aliphatic imine (C=N–C) groups is 1. The maximum absolute atomic E-state index is 10.1. The normalized spacial score (nSPS) is 9.71. The second-order valence-electron chi connectivity index (χ2n) is 3.23. The van der Waals surface area contributed by atoms with Gasteiger partial charge in [-0.3, -0.25) is 0 Å². The quantitative estimate of drug-likeness (QED) is 0.603. The Balaban J connectivity index is 2.25. The predicted molar refractivity (Wildman–Crippen MR) is 69.8 cm³/mol. The zero-order chi connectivity index (χ0) is 12.1. The largest absolute Gasteiger partial charge is 0.240 e. The first kappa shape index (κ1) is 11.9. The van der Waals surface area contributed by atoms with Crippen molar-refractivity contribution in [1.29, 1.82) is 0 Å². The maximum Gasteiger partial charge on any atom is 0.240 e. The summed E-state index contributed by atoms with van der Waals surface area (Å²) >= 11 is 7.67. The van der Waals surface area contributed by atoms with Crippen LogP contribution >= 0.6 is 23.4 Å². The molecule has 0 atom stereocenters. The third-order valence-electron chi connectivity index (χ3n) is 2.06. The summed E-state index contributed by atoms with van der Waals surface area (Å²) in [6.07, 6.45) is 1.49. The molecule has 0 bridgehead atoms. The highest BCUT2D eigenvalue weighted by Crippen LogP contribution is 2.35. The highest BCUT2D eigenvalue weighted by Gasteiger charge is 2.03. The average Bonchev–Trinajstić information content (AvgIpc) is 2.34. The summed E-state index contributed by atoms with van der Waals surface area (Å²) in [5, 5.41) is 0.579. The molecular formula is C13H8ClNOS. The molecule has 0 aliphatic rings. The first-order valence-corrected chi connectivity index (χ1v) is 6.09. The molecule has 0 amide bonds. The Hall–Kier alpha value is -1.54. The van der Waals surface area contributed by atoms with Crippen molar-refractivity contribution in [2.24, 2.45) is 4.99 Å². The van der Waals surface area contributed by atoms with E-state index in [1.54, 1.807) is 23.9 Å². The Kier molecular flexibility index (Phi) is 3.99. The number of hydrogen-bond acceptors (Lipinski definition) is 3. The van der Waals surface area contributed by atoms with Crippen molar-refractivity contribution in [3.63, 3.8) is 0 Å². The SMILES string of the molecule is O=C=Nc1ccc(Sc2ccccc2)c(Cl)c1. The monoisotopic (exact) mass is 261 g/mol. The number of nitrogens with zero attached hydrogens (tertiary/aromatic N) is 1. The van der Waals surface area contributed by atoms with Crippen molar-refractivity contribution in [1.82, 2.24) is 0 Å². The molecule has 4 heteroatoms. The molecule has 0 N–H and O–H groups in total. The van der Waals surface area contributed by atoms with Crippen molar-refractivity contribution < 1.29 is 4.79 Å². The fraction of sp³-hybridized carbons (Fsp3) is 0. The van der Waals surface area contributed by atoms with Gasteiger partial charge in [0.25, 0.3) is 0 Å². The highest BCUT2D eigenvalue weighted by molar-refractivity contribution is 7.99. The van der Waals surface area contributed by atoms with Crippen LogP contribution < -0.4 is 0 Å². The van der Waals surface area contributed by atoms with Gasteiger partial charge in [0.1, 0.15) is 0 Å². The van der Waals surface area contributed by atoms with E-state index in [2.05, 4.69) is 4.99 Å². The van der Waals surface area contributed by atoms with E-state index in [1.165, 1.54) is 6.08 Å². The Morgan fingerprint density at radius 3 is 2.53 bits per heavy atom. The average molecular weight is 262 g/mol.